The van der Waals surface area contributed by atoms with Gasteiger partial charge in [-0.1, -0.05) is 30.3 Å². The van der Waals surface area contributed by atoms with Crippen LogP contribution in [0, 0.1) is 0 Å². The van der Waals surface area contributed by atoms with Crippen molar-refractivity contribution in [2.24, 2.45) is 0 Å². The summed E-state index contributed by atoms with van der Waals surface area (Å²) in [5, 5.41) is 6.81. The summed E-state index contributed by atoms with van der Waals surface area (Å²) in [7, 11) is 0. The van der Waals surface area contributed by atoms with E-state index in [0.29, 0.717) is 11.5 Å². The highest BCUT2D eigenvalue weighted by Gasteiger charge is 2.09. The summed E-state index contributed by atoms with van der Waals surface area (Å²) < 4.78 is 7.53. The SMILES string of the molecule is O=C(Nc1cnn(-c2ncccc2Br)c1)OCc1ccccc1. The first-order valence-corrected chi connectivity index (χ1v) is 7.65. The van der Waals surface area contributed by atoms with Crippen LogP contribution in [0.2, 0.25) is 0 Å². The van der Waals surface area contributed by atoms with Crippen molar-refractivity contribution in [3.8, 4) is 5.82 Å². The standard InChI is InChI=1S/C16H13BrN4O2/c17-14-7-4-8-18-15(14)21-10-13(9-19-21)20-16(22)23-11-12-5-2-1-3-6-12/h1-10H,11H2,(H,20,22). The van der Waals surface area contributed by atoms with Gasteiger partial charge < -0.3 is 4.74 Å². The van der Waals surface area contributed by atoms with Crippen molar-refractivity contribution in [2.75, 3.05) is 5.32 Å². The molecule has 2 aromatic heterocycles. The fourth-order valence-corrected chi connectivity index (χ4v) is 2.36. The second kappa shape index (κ2) is 7.06. The molecule has 2 heterocycles. The molecule has 0 aliphatic rings. The minimum atomic E-state index is -0.534. The summed E-state index contributed by atoms with van der Waals surface area (Å²) in [5.74, 6) is 0.637. The van der Waals surface area contributed by atoms with Gasteiger partial charge in [0.15, 0.2) is 5.82 Å². The van der Waals surface area contributed by atoms with E-state index >= 15 is 0 Å². The number of carbonyl (C=O) groups excluding carboxylic acids is 1. The molecule has 0 radical (unpaired) electrons. The molecule has 7 heteroatoms. The molecule has 0 fully saturated rings. The number of nitrogens with one attached hydrogen (secondary N) is 1. The first-order chi connectivity index (χ1) is 11.2. The van der Waals surface area contributed by atoms with Crippen LogP contribution in [0.15, 0.2) is 65.5 Å². The van der Waals surface area contributed by atoms with Crippen LogP contribution in [0.1, 0.15) is 5.56 Å². The highest BCUT2D eigenvalue weighted by Crippen LogP contribution is 2.18. The molecule has 3 aromatic rings. The number of hydrogen-bond acceptors (Lipinski definition) is 4. The molecule has 6 nitrogen and oxygen atoms in total. The zero-order valence-corrected chi connectivity index (χ0v) is 13.6. The second-order valence-corrected chi connectivity index (χ2v) is 5.52. The van der Waals surface area contributed by atoms with Gasteiger partial charge in [-0.15, -0.1) is 0 Å². The molecule has 0 atom stereocenters. The molecular formula is C16H13BrN4O2. The predicted octanol–water partition coefficient (Wildman–Crippen LogP) is 3.78. The number of rotatable bonds is 4. The minimum absolute atomic E-state index is 0.215. The van der Waals surface area contributed by atoms with E-state index in [-0.39, 0.29) is 6.61 Å². The van der Waals surface area contributed by atoms with Gasteiger partial charge in [0.05, 0.1) is 22.6 Å². The van der Waals surface area contributed by atoms with Crippen molar-refractivity contribution in [2.45, 2.75) is 6.61 Å². The van der Waals surface area contributed by atoms with Crippen LogP contribution in [-0.4, -0.2) is 20.9 Å². The van der Waals surface area contributed by atoms with E-state index < -0.39 is 6.09 Å². The first-order valence-electron chi connectivity index (χ1n) is 6.85. The van der Waals surface area contributed by atoms with Crippen LogP contribution in [0.5, 0.6) is 0 Å². The number of benzene rings is 1. The largest absolute Gasteiger partial charge is 0.444 e. The van der Waals surface area contributed by atoms with Crippen molar-refractivity contribution >= 4 is 27.7 Å². The topological polar surface area (TPSA) is 69.0 Å². The van der Waals surface area contributed by atoms with Crippen molar-refractivity contribution in [1.29, 1.82) is 0 Å². The second-order valence-electron chi connectivity index (χ2n) is 4.67. The summed E-state index contributed by atoms with van der Waals surface area (Å²) in [6.45, 7) is 0.215. The molecule has 0 unspecified atom stereocenters. The van der Waals surface area contributed by atoms with E-state index in [9.17, 15) is 4.79 Å². The number of hydrogen-bond donors (Lipinski definition) is 1. The summed E-state index contributed by atoms with van der Waals surface area (Å²) >= 11 is 3.41. The molecule has 116 valence electrons. The lowest BCUT2D eigenvalue weighted by Gasteiger charge is -2.05. The summed E-state index contributed by atoms with van der Waals surface area (Å²) in [4.78, 5) is 16.0. The minimum Gasteiger partial charge on any atom is -0.444 e. The van der Waals surface area contributed by atoms with Crippen molar-refractivity contribution in [1.82, 2.24) is 14.8 Å². The smallest absolute Gasteiger partial charge is 0.412 e. The normalized spacial score (nSPS) is 10.3. The van der Waals surface area contributed by atoms with Gasteiger partial charge in [0, 0.05) is 6.20 Å². The van der Waals surface area contributed by atoms with Crippen LogP contribution in [0.3, 0.4) is 0 Å². The Bertz CT molecular complexity index is 805. The molecule has 0 aliphatic carbocycles. The van der Waals surface area contributed by atoms with Gasteiger partial charge >= 0.3 is 6.09 Å². The number of nitrogens with zero attached hydrogens (tertiary/aromatic N) is 3. The molecular weight excluding hydrogens is 360 g/mol. The Kier molecular flexibility index (Phi) is 4.68. The maximum Gasteiger partial charge on any atom is 0.412 e. The highest BCUT2D eigenvalue weighted by atomic mass is 79.9. The van der Waals surface area contributed by atoms with Gasteiger partial charge in [0.2, 0.25) is 0 Å². The van der Waals surface area contributed by atoms with E-state index in [1.165, 1.54) is 6.20 Å². The quantitative estimate of drug-likeness (QED) is 0.756. The number of halogens is 1. The number of aromatic nitrogens is 3. The molecule has 0 aliphatic heterocycles. The predicted molar refractivity (Wildman–Crippen MR) is 89.3 cm³/mol. The lowest BCUT2D eigenvalue weighted by molar-refractivity contribution is 0.155. The molecule has 3 rings (SSSR count). The number of carbonyl (C=O) groups is 1. The Morgan fingerprint density at radius 1 is 1.22 bits per heavy atom. The van der Waals surface area contributed by atoms with E-state index in [2.05, 4.69) is 31.3 Å². The third kappa shape index (κ3) is 3.95. The van der Waals surface area contributed by atoms with Crippen LogP contribution in [0.4, 0.5) is 10.5 Å². The fourth-order valence-electron chi connectivity index (χ4n) is 1.93. The van der Waals surface area contributed by atoms with Gasteiger partial charge in [-0.25, -0.2) is 14.5 Å². The van der Waals surface area contributed by atoms with Gasteiger partial charge in [-0.05, 0) is 33.6 Å². The lowest BCUT2D eigenvalue weighted by atomic mass is 10.2. The van der Waals surface area contributed by atoms with Gasteiger partial charge in [0.25, 0.3) is 0 Å². The number of ether oxygens (including phenoxy) is 1. The maximum atomic E-state index is 11.8. The average molecular weight is 373 g/mol. The number of anilines is 1. The molecule has 23 heavy (non-hydrogen) atoms. The maximum absolute atomic E-state index is 11.8. The summed E-state index contributed by atoms with van der Waals surface area (Å²) in [5.41, 5.74) is 1.45. The average Bonchev–Trinajstić information content (AvgIpc) is 3.02. The Labute approximate surface area is 141 Å². The van der Waals surface area contributed by atoms with Gasteiger partial charge in [-0.3, -0.25) is 5.32 Å². The Balaban J connectivity index is 1.61. The fraction of sp³-hybridized carbons (Fsp3) is 0.0625. The van der Waals surface area contributed by atoms with Gasteiger partial charge in [-0.2, -0.15) is 5.10 Å². The number of pyridine rings is 1. The van der Waals surface area contributed by atoms with Crippen molar-refractivity contribution in [3.63, 3.8) is 0 Å². The van der Waals surface area contributed by atoms with Gasteiger partial charge in [0.1, 0.15) is 6.61 Å². The van der Waals surface area contributed by atoms with Crippen LogP contribution in [0.25, 0.3) is 5.82 Å². The zero-order valence-electron chi connectivity index (χ0n) is 12.0. The van der Waals surface area contributed by atoms with E-state index in [1.54, 1.807) is 17.1 Å². The molecule has 0 saturated carbocycles. The van der Waals surface area contributed by atoms with E-state index in [1.807, 2.05) is 42.5 Å². The zero-order chi connectivity index (χ0) is 16.1. The van der Waals surface area contributed by atoms with Crippen LogP contribution in [-0.2, 0) is 11.3 Å². The molecule has 0 spiro atoms. The van der Waals surface area contributed by atoms with E-state index in [0.717, 1.165) is 10.0 Å². The lowest BCUT2D eigenvalue weighted by Crippen LogP contribution is -2.13. The molecule has 0 saturated heterocycles. The molecule has 1 N–H and O–H groups in total. The highest BCUT2D eigenvalue weighted by molar-refractivity contribution is 9.10. The van der Waals surface area contributed by atoms with Crippen LogP contribution < -0.4 is 5.32 Å². The van der Waals surface area contributed by atoms with E-state index in [4.69, 9.17) is 4.74 Å². The third-order valence-corrected chi connectivity index (χ3v) is 3.62. The molecule has 1 aromatic carbocycles. The van der Waals surface area contributed by atoms with Crippen molar-refractivity contribution in [3.05, 3.63) is 71.1 Å². The summed E-state index contributed by atoms with van der Waals surface area (Å²) in [6.07, 6.45) is 4.33. The third-order valence-electron chi connectivity index (χ3n) is 3.00. The number of amides is 1. The Morgan fingerprint density at radius 2 is 2.04 bits per heavy atom. The molecule has 1 amide bonds. The summed E-state index contributed by atoms with van der Waals surface area (Å²) in [6, 6.07) is 13.2. The first kappa shape index (κ1) is 15.2. The molecule has 0 bridgehead atoms. The Hall–Kier alpha value is -2.67. The Morgan fingerprint density at radius 3 is 2.83 bits per heavy atom. The monoisotopic (exact) mass is 372 g/mol. The van der Waals surface area contributed by atoms with Crippen molar-refractivity contribution < 1.29 is 9.53 Å². The van der Waals surface area contributed by atoms with Crippen LogP contribution >= 0.6 is 15.9 Å².